The second-order valence-corrected chi connectivity index (χ2v) is 31.2. The van der Waals surface area contributed by atoms with Crippen LogP contribution in [0.5, 0.6) is 0 Å². The van der Waals surface area contributed by atoms with Gasteiger partial charge in [0.15, 0.2) is 0 Å². The van der Waals surface area contributed by atoms with Crippen molar-refractivity contribution in [1.29, 1.82) is 0 Å². The number of benzene rings is 7. The molecule has 108 heavy (non-hydrogen) atoms. The Hall–Kier alpha value is -12.3. The van der Waals surface area contributed by atoms with Crippen LogP contribution in [0.4, 0.5) is 0 Å². The van der Waals surface area contributed by atoms with Crippen molar-refractivity contribution in [3.63, 3.8) is 0 Å². The van der Waals surface area contributed by atoms with E-state index >= 15 is 0 Å². The SMILES string of the molecule is Cc1cc(C)c(-c2c3nc(c(-c4c(C)cc(C)cc4C)c4ccc([nH]4)c(-c4c(C)cc(C)cc4C)c4nc(c(-c5ccccc5-c5c6nc(c(-c7c(C)cc(C)cc7C)c7ccc([nH]7)c(-c7c(C)cc(C)cc7C)c7nc(c(-c8c(C)cc(C)cc8C)c8ccc5[nH]8)C=C7)C=C6)c5ccc2[nH]5)C=C4)C=C3)c(C)c1. The number of aromatic amines is 4. The van der Waals surface area contributed by atoms with E-state index in [1.807, 2.05) is 0 Å². The molecule has 530 valence electrons. The van der Waals surface area contributed by atoms with E-state index in [0.717, 1.165) is 168 Å². The molecule has 4 aliphatic rings. The molecule has 4 aliphatic heterocycles. The first-order chi connectivity index (χ1) is 51.9. The minimum atomic E-state index is 0.813. The summed E-state index contributed by atoms with van der Waals surface area (Å²) >= 11 is 0. The zero-order valence-corrected chi connectivity index (χ0v) is 65.3. The van der Waals surface area contributed by atoms with Gasteiger partial charge in [0.05, 0.1) is 45.6 Å². The number of rotatable bonds is 8. The predicted octanol–water partition coefficient (Wildman–Crippen LogP) is 26.5. The summed E-state index contributed by atoms with van der Waals surface area (Å²) in [6.45, 7) is 39.9. The van der Waals surface area contributed by atoms with Gasteiger partial charge in [0.2, 0.25) is 0 Å². The van der Waals surface area contributed by atoms with Crippen LogP contribution >= 0.6 is 0 Å². The average molecular weight is 1400 g/mol. The fraction of sp³-hybridized carbons (Fsp3) is 0.180. The summed E-state index contributed by atoms with van der Waals surface area (Å²) in [7, 11) is 0. The molecule has 0 unspecified atom stereocenters. The smallest absolute Gasteiger partial charge is 0.0737 e. The molecule has 4 N–H and O–H groups in total. The van der Waals surface area contributed by atoms with Gasteiger partial charge in [-0.15, -0.1) is 0 Å². The Morgan fingerprint density at radius 3 is 0.463 bits per heavy atom. The van der Waals surface area contributed by atoms with Crippen molar-refractivity contribution in [2.24, 2.45) is 0 Å². The molecule has 0 saturated carbocycles. The van der Waals surface area contributed by atoms with Gasteiger partial charge < -0.3 is 19.9 Å². The Bertz CT molecular complexity index is 5980. The van der Waals surface area contributed by atoms with E-state index in [9.17, 15) is 0 Å². The molecular weight excluding hydrogens is 1310 g/mol. The lowest BCUT2D eigenvalue weighted by atomic mass is 9.92. The normalized spacial score (nSPS) is 12.4. The number of fused-ring (bicyclic) bond motifs is 16. The summed E-state index contributed by atoms with van der Waals surface area (Å²) < 4.78 is 0. The van der Waals surface area contributed by atoms with E-state index < -0.39 is 0 Å². The molecule has 0 amide bonds. The van der Waals surface area contributed by atoms with Crippen molar-refractivity contribution in [2.45, 2.75) is 125 Å². The summed E-state index contributed by atoms with van der Waals surface area (Å²) in [5.74, 6) is 0. The number of hydrogen-bond donors (Lipinski definition) is 4. The largest absolute Gasteiger partial charge is 0.354 e. The highest BCUT2D eigenvalue weighted by atomic mass is 14.8. The van der Waals surface area contributed by atoms with E-state index in [1.54, 1.807) is 0 Å². The minimum Gasteiger partial charge on any atom is -0.354 e. The summed E-state index contributed by atoms with van der Waals surface area (Å²) in [6, 6.07) is 54.5. The fourth-order valence-corrected chi connectivity index (χ4v) is 18.9. The zero-order chi connectivity index (χ0) is 75.2. The van der Waals surface area contributed by atoms with E-state index in [0.29, 0.717) is 0 Å². The summed E-state index contributed by atoms with van der Waals surface area (Å²) in [4.78, 5) is 40.2. The third kappa shape index (κ3) is 11.7. The van der Waals surface area contributed by atoms with Crippen LogP contribution in [0.1, 0.15) is 146 Å². The first kappa shape index (κ1) is 68.8. The first-order valence-corrected chi connectivity index (χ1v) is 37.8. The average Bonchev–Trinajstić information content (AvgIpc) is 1.51. The standard InChI is InChI=1S/C100H90N8/c1-51-39-57(7)87(58(8)40-51)95-75-27-23-71(101-75)93(72-24-28-76(102-72)96(88-59(9)41-52(2)42-60(88)10)80-32-36-84(106-80)99(83-35-31-79(95)105-83)91-65(15)47-55(5)48-66(91)16)69-21-19-20-22-70(69)94-73-25-29-77(103-73)97(89-61(11)43-53(3)44-62(89)12)81-33-37-85(107-81)100(92-67(17)49-56(6)50-68(92)18)86-38-34-82(108-86)98(78-30-26-74(94)104-78)90-63(13)45-54(4)46-64(90)14/h19-50,101,103,106,108H,1-18H3. The zero-order valence-electron chi connectivity index (χ0n) is 65.3. The third-order valence-electron chi connectivity index (χ3n) is 22.5. The Balaban J connectivity index is 1.04. The lowest BCUT2D eigenvalue weighted by molar-refractivity contribution is 1.27. The molecule has 8 heteroatoms. The van der Waals surface area contributed by atoms with Crippen LogP contribution in [0.3, 0.4) is 0 Å². The molecule has 16 bridgehead atoms. The van der Waals surface area contributed by atoms with Gasteiger partial charge in [0, 0.05) is 88.6 Å². The second kappa shape index (κ2) is 26.4. The molecule has 6 aromatic heterocycles. The monoisotopic (exact) mass is 1400 g/mol. The van der Waals surface area contributed by atoms with Gasteiger partial charge >= 0.3 is 0 Å². The van der Waals surface area contributed by atoms with Gasteiger partial charge in [-0.05, 0) is 333 Å². The summed E-state index contributed by atoms with van der Waals surface area (Å²) in [5, 5.41) is 0. The molecule has 0 saturated heterocycles. The molecule has 7 aromatic carbocycles. The van der Waals surface area contributed by atoms with Crippen molar-refractivity contribution in [3.05, 3.63) is 291 Å². The van der Waals surface area contributed by atoms with Gasteiger partial charge in [0.25, 0.3) is 0 Å². The molecule has 17 rings (SSSR count). The number of aromatic nitrogens is 8. The van der Waals surface area contributed by atoms with Crippen LogP contribution < -0.4 is 0 Å². The maximum absolute atomic E-state index is 6.00. The van der Waals surface area contributed by atoms with Crippen molar-refractivity contribution in [2.75, 3.05) is 0 Å². The molecule has 0 fully saturated rings. The second-order valence-electron chi connectivity index (χ2n) is 31.2. The molecule has 10 heterocycles. The Morgan fingerprint density at radius 2 is 0.306 bits per heavy atom. The summed E-state index contributed by atoms with van der Waals surface area (Å²) in [5.41, 5.74) is 52.8. The van der Waals surface area contributed by atoms with E-state index in [1.165, 1.54) is 111 Å². The predicted molar refractivity (Wildman–Crippen MR) is 460 cm³/mol. The highest BCUT2D eigenvalue weighted by Gasteiger charge is 2.28. The van der Waals surface area contributed by atoms with Crippen LogP contribution in [0.25, 0.3) is 182 Å². The highest BCUT2D eigenvalue weighted by Crippen LogP contribution is 2.48. The summed E-state index contributed by atoms with van der Waals surface area (Å²) in [6.07, 6.45) is 17.8. The Labute approximate surface area is 633 Å². The minimum absolute atomic E-state index is 0.813. The number of H-pyrrole nitrogens is 4. The Kier molecular flexibility index (Phi) is 16.8. The lowest BCUT2D eigenvalue weighted by Gasteiger charge is -2.15. The number of hydrogen-bond acceptors (Lipinski definition) is 4. The molecule has 8 nitrogen and oxygen atoms in total. The van der Waals surface area contributed by atoms with E-state index in [2.05, 4.69) is 339 Å². The maximum atomic E-state index is 6.00. The molecule has 0 spiro atoms. The van der Waals surface area contributed by atoms with Gasteiger partial charge in [0.1, 0.15) is 0 Å². The van der Waals surface area contributed by atoms with Crippen molar-refractivity contribution in [3.8, 4) is 89.0 Å². The van der Waals surface area contributed by atoms with Crippen LogP contribution in [-0.4, -0.2) is 39.9 Å². The first-order valence-electron chi connectivity index (χ1n) is 37.8. The van der Waals surface area contributed by atoms with E-state index in [4.69, 9.17) is 19.9 Å². The van der Waals surface area contributed by atoms with Crippen molar-refractivity contribution >= 4 is 92.7 Å². The molecule has 0 aliphatic carbocycles. The number of nitrogens with zero attached hydrogens (tertiary/aromatic N) is 4. The van der Waals surface area contributed by atoms with Gasteiger partial charge in [-0.2, -0.15) is 0 Å². The number of nitrogens with one attached hydrogen (secondary N) is 4. The van der Waals surface area contributed by atoms with Gasteiger partial charge in [-0.3, -0.25) is 0 Å². The molecule has 0 radical (unpaired) electrons. The van der Waals surface area contributed by atoms with Crippen molar-refractivity contribution in [1.82, 2.24) is 39.9 Å². The van der Waals surface area contributed by atoms with Gasteiger partial charge in [-0.1, -0.05) is 130 Å². The van der Waals surface area contributed by atoms with Crippen LogP contribution in [0.15, 0.2) is 146 Å². The van der Waals surface area contributed by atoms with Crippen molar-refractivity contribution < 1.29 is 0 Å². The topological polar surface area (TPSA) is 115 Å². The molecule has 13 aromatic rings. The quantitative estimate of drug-likeness (QED) is 0.121. The van der Waals surface area contributed by atoms with E-state index in [-0.39, 0.29) is 0 Å². The third-order valence-corrected chi connectivity index (χ3v) is 22.5. The Morgan fingerprint density at radius 1 is 0.167 bits per heavy atom. The number of aryl methyl sites for hydroxylation is 18. The lowest BCUT2D eigenvalue weighted by Crippen LogP contribution is -1.96. The van der Waals surface area contributed by atoms with Gasteiger partial charge in [-0.25, -0.2) is 19.9 Å². The molecular formula is C100H90N8. The molecule has 0 atom stereocenters. The fourth-order valence-electron chi connectivity index (χ4n) is 18.9. The highest BCUT2D eigenvalue weighted by molar-refractivity contribution is 6.07. The van der Waals surface area contributed by atoms with Crippen LogP contribution in [-0.2, 0) is 0 Å². The maximum Gasteiger partial charge on any atom is 0.0737 e. The van der Waals surface area contributed by atoms with Crippen LogP contribution in [0.2, 0.25) is 0 Å². The van der Waals surface area contributed by atoms with Crippen LogP contribution in [0, 0.1) is 125 Å².